The molecule has 0 aromatic heterocycles. The molecule has 17 nitrogen and oxygen atoms in total. The van der Waals surface area contributed by atoms with Crippen molar-refractivity contribution in [1.82, 2.24) is 20.9 Å². The maximum absolute atomic E-state index is 13.3. The van der Waals surface area contributed by atoms with E-state index in [-0.39, 0.29) is 82.4 Å². The van der Waals surface area contributed by atoms with Crippen molar-refractivity contribution in [2.24, 2.45) is 17.6 Å². The maximum atomic E-state index is 13.3. The summed E-state index contributed by atoms with van der Waals surface area (Å²) < 4.78 is 10.6. The molecule has 0 bridgehead atoms. The summed E-state index contributed by atoms with van der Waals surface area (Å²) in [5.74, 6) is -3.12. The van der Waals surface area contributed by atoms with E-state index in [1.807, 2.05) is 0 Å². The van der Waals surface area contributed by atoms with E-state index in [1.165, 1.54) is 19.3 Å². The number of primary amides is 1. The fourth-order valence-corrected chi connectivity index (χ4v) is 4.86. The number of amides is 6. The lowest BCUT2D eigenvalue weighted by molar-refractivity contribution is -0.272. The van der Waals surface area contributed by atoms with Gasteiger partial charge in [-0.05, 0) is 44.4 Å². The molecule has 0 aliphatic carbocycles. The Kier molecular flexibility index (Phi) is 26.6. The average Bonchev–Trinajstić information content (AvgIpc) is 3.43. The Hall–Kier alpha value is -4.48. The molecule has 1 aliphatic rings. The highest BCUT2D eigenvalue weighted by atomic mass is 17.2. The van der Waals surface area contributed by atoms with Crippen molar-refractivity contribution < 1.29 is 57.6 Å². The van der Waals surface area contributed by atoms with Gasteiger partial charge in [-0.2, -0.15) is 0 Å². The van der Waals surface area contributed by atoms with Crippen LogP contribution in [-0.2, 0) is 48.0 Å². The Morgan fingerprint density at radius 2 is 1.46 bits per heavy atom. The summed E-state index contributed by atoms with van der Waals surface area (Å²) in [6, 6.07) is -1.67. The summed E-state index contributed by atoms with van der Waals surface area (Å²) in [7, 11) is 1.39. The quantitative estimate of drug-likeness (QED) is 0.0284. The molecule has 6 amide bonds. The number of unbranched alkanes of at least 4 members (excludes halogenated alkanes) is 2. The lowest BCUT2D eigenvalue weighted by Crippen LogP contribution is -2.46. The van der Waals surface area contributed by atoms with Crippen molar-refractivity contribution in [3.63, 3.8) is 0 Å². The number of urea groups is 1. The van der Waals surface area contributed by atoms with Crippen molar-refractivity contribution >= 4 is 47.2 Å². The summed E-state index contributed by atoms with van der Waals surface area (Å²) in [5, 5.41) is 7.59. The van der Waals surface area contributed by atoms with E-state index in [1.54, 1.807) is 13.8 Å². The second-order valence-corrected chi connectivity index (χ2v) is 12.0. The highest BCUT2D eigenvalue weighted by Crippen LogP contribution is 2.17. The van der Waals surface area contributed by atoms with Gasteiger partial charge in [-0.15, -0.1) is 13.2 Å². The van der Waals surface area contributed by atoms with Crippen molar-refractivity contribution in [3.05, 3.63) is 25.3 Å². The molecule has 0 radical (unpaired) electrons. The van der Waals surface area contributed by atoms with Gasteiger partial charge in [0.2, 0.25) is 5.91 Å². The predicted octanol–water partition coefficient (Wildman–Crippen LogP) is 2.07. The zero-order valence-corrected chi connectivity index (χ0v) is 30.7. The SMILES string of the molecule is C=C.COOCCCCC(=O)CNC(=O)C(CCCNC(N)=O)CC(=O)C(NC(=O)OCCOCCCCC(=O)CCN1C(=O)C=CC1=O)C(C)C. The van der Waals surface area contributed by atoms with Crippen LogP contribution < -0.4 is 21.7 Å². The van der Waals surface area contributed by atoms with Crippen LogP contribution in [0, 0.1) is 11.8 Å². The molecule has 5 N–H and O–H groups in total. The molecule has 0 spiro atoms. The fourth-order valence-electron chi connectivity index (χ4n) is 4.86. The third-order valence-corrected chi connectivity index (χ3v) is 7.61. The van der Waals surface area contributed by atoms with Crippen LogP contribution in [0.5, 0.6) is 0 Å². The normalized spacial score (nSPS) is 13.2. The monoisotopic (exact) mass is 739 g/mol. The van der Waals surface area contributed by atoms with E-state index in [0.29, 0.717) is 45.3 Å². The smallest absolute Gasteiger partial charge is 0.407 e. The molecular weight excluding hydrogens is 682 g/mol. The number of carbonyl (C=O) groups excluding carboxylic acids is 8. The molecule has 1 rings (SSSR count). The highest BCUT2D eigenvalue weighted by Gasteiger charge is 2.30. The number of nitrogens with two attached hydrogens (primary N) is 1. The van der Waals surface area contributed by atoms with Gasteiger partial charge in [0, 0.05) is 63.4 Å². The van der Waals surface area contributed by atoms with Crippen LogP contribution in [0.25, 0.3) is 0 Å². The van der Waals surface area contributed by atoms with Crippen LogP contribution in [0.2, 0.25) is 0 Å². The van der Waals surface area contributed by atoms with Crippen molar-refractivity contribution in [1.29, 1.82) is 0 Å². The van der Waals surface area contributed by atoms with E-state index in [0.717, 1.165) is 4.90 Å². The first-order valence-electron chi connectivity index (χ1n) is 17.4. The maximum Gasteiger partial charge on any atom is 0.407 e. The molecule has 1 heterocycles. The fraction of sp³-hybridized carbons (Fsp3) is 0.657. The topological polar surface area (TPSA) is 239 Å². The number of hydrogen-bond donors (Lipinski definition) is 4. The van der Waals surface area contributed by atoms with Crippen molar-refractivity contribution in [3.8, 4) is 0 Å². The van der Waals surface area contributed by atoms with E-state index < -0.39 is 47.6 Å². The first-order chi connectivity index (χ1) is 24.8. The summed E-state index contributed by atoms with van der Waals surface area (Å²) in [6.45, 7) is 10.2. The second-order valence-electron chi connectivity index (χ2n) is 12.0. The predicted molar refractivity (Wildman–Crippen MR) is 189 cm³/mol. The zero-order valence-electron chi connectivity index (χ0n) is 30.7. The number of nitrogens with one attached hydrogen (secondary N) is 3. The molecule has 17 heteroatoms. The highest BCUT2D eigenvalue weighted by molar-refractivity contribution is 6.13. The number of nitrogens with zero attached hydrogens (tertiary/aromatic N) is 1. The van der Waals surface area contributed by atoms with Gasteiger partial charge in [0.05, 0.1) is 32.9 Å². The van der Waals surface area contributed by atoms with Crippen molar-refractivity contribution in [2.75, 3.05) is 53.2 Å². The summed E-state index contributed by atoms with van der Waals surface area (Å²) in [6.07, 6.45) is 4.79. The average molecular weight is 740 g/mol. The van der Waals surface area contributed by atoms with Gasteiger partial charge in [-0.3, -0.25) is 33.7 Å². The molecule has 0 saturated carbocycles. The Bertz CT molecular complexity index is 1170. The zero-order chi connectivity index (χ0) is 39.3. The minimum atomic E-state index is -0.950. The van der Waals surface area contributed by atoms with Gasteiger partial charge >= 0.3 is 12.1 Å². The molecule has 0 saturated heterocycles. The summed E-state index contributed by atoms with van der Waals surface area (Å²) in [4.78, 5) is 107. The number of rotatable bonds is 29. The van der Waals surface area contributed by atoms with Crippen LogP contribution in [0.1, 0.15) is 78.1 Å². The minimum absolute atomic E-state index is 0.0600. The molecule has 294 valence electrons. The van der Waals surface area contributed by atoms with Crippen LogP contribution in [0.3, 0.4) is 0 Å². The first-order valence-corrected chi connectivity index (χ1v) is 17.4. The van der Waals surface area contributed by atoms with Gasteiger partial charge in [0.1, 0.15) is 12.4 Å². The third-order valence-electron chi connectivity index (χ3n) is 7.61. The standard InChI is InChI=1S/C33H53N5O12.C2H4/c1-23(2)30(37-33(46)49-20-19-48-17-6-4-10-25(39)14-16-38-28(42)12-13-29(38)43)27(41)21-24(9-8-15-35-32(34)45)31(44)36-22-26(40)11-5-7-18-50-47-3;1-2/h12-13,23-24,30H,4-11,14-22H2,1-3H3,(H,36,44)(H,37,46)(H3,34,35,45);1-2H2. The molecule has 52 heavy (non-hydrogen) atoms. The van der Waals surface area contributed by atoms with Gasteiger partial charge < -0.3 is 31.2 Å². The number of ketones is 3. The van der Waals surface area contributed by atoms with Gasteiger partial charge in [-0.25, -0.2) is 19.4 Å². The number of hydrogen-bond acceptors (Lipinski definition) is 12. The second kappa shape index (κ2) is 29.1. The summed E-state index contributed by atoms with van der Waals surface area (Å²) in [5.41, 5.74) is 5.10. The molecule has 2 atom stereocenters. The van der Waals surface area contributed by atoms with Gasteiger partial charge in [0.15, 0.2) is 11.6 Å². The Labute approximate surface area is 305 Å². The van der Waals surface area contributed by atoms with Crippen molar-refractivity contribution in [2.45, 2.75) is 84.1 Å². The number of ether oxygens (including phenoxy) is 2. The van der Waals surface area contributed by atoms with Crippen LogP contribution in [-0.4, -0.2) is 111 Å². The van der Waals surface area contributed by atoms with E-state index in [9.17, 15) is 38.4 Å². The number of Topliss-reactive ketones (excluding diaryl/α,β-unsaturated/α-hetero) is 3. The minimum Gasteiger partial charge on any atom is -0.447 e. The van der Waals surface area contributed by atoms with Gasteiger partial charge in [0.25, 0.3) is 11.8 Å². The molecule has 0 aromatic carbocycles. The van der Waals surface area contributed by atoms with Gasteiger partial charge in [-0.1, -0.05) is 13.8 Å². The van der Waals surface area contributed by atoms with E-state index in [4.69, 9.17) is 20.1 Å². The Morgan fingerprint density at radius 3 is 2.08 bits per heavy atom. The van der Waals surface area contributed by atoms with Crippen LogP contribution >= 0.6 is 0 Å². The molecule has 0 aromatic rings. The number of carbonyl (C=O) groups is 8. The number of alkyl carbamates (subject to hydrolysis) is 1. The lowest BCUT2D eigenvalue weighted by Gasteiger charge is -2.23. The number of imide groups is 1. The first kappa shape index (κ1) is 47.5. The largest absolute Gasteiger partial charge is 0.447 e. The molecule has 2 unspecified atom stereocenters. The van der Waals surface area contributed by atoms with Crippen LogP contribution in [0.4, 0.5) is 9.59 Å². The van der Waals surface area contributed by atoms with E-state index in [2.05, 4.69) is 34.0 Å². The third kappa shape index (κ3) is 22.4. The molecule has 0 fully saturated rings. The van der Waals surface area contributed by atoms with E-state index >= 15 is 0 Å². The molecule has 1 aliphatic heterocycles. The molecular formula is C35H57N5O12. The Balaban J connectivity index is 0.0000128. The summed E-state index contributed by atoms with van der Waals surface area (Å²) >= 11 is 0. The Morgan fingerprint density at radius 1 is 0.827 bits per heavy atom. The van der Waals surface area contributed by atoms with Crippen LogP contribution in [0.15, 0.2) is 25.3 Å². The lowest BCUT2D eigenvalue weighted by atomic mass is 9.89.